The standard InChI is InChI=1S/C31H46F2O8/c1-6-8-12-39-31(38,40-13-9-7-2)41-30(26(37)18-34)19(3)14-21-22-16-24(32)23-15-20(35)10-11-27(23,4)29(22,33)25(36)17-28(21,30)5/h10-11,15,19,21-22,24-25,34,36,38H,6-9,12-14,16-18H2,1-5H3/t19-,21+,22+,24+,25+,27+,28+,29+,30+/m1/s1. The second-order valence-corrected chi connectivity index (χ2v) is 12.8. The number of alkyl halides is 2. The normalized spacial score (nSPS) is 42.0. The molecule has 3 fully saturated rings. The molecule has 4 aliphatic rings. The van der Waals surface area contributed by atoms with Gasteiger partial charge in [0.05, 0.1) is 19.3 Å². The molecule has 0 bridgehead atoms. The summed E-state index contributed by atoms with van der Waals surface area (Å²) in [7, 11) is 0. The fourth-order valence-corrected chi connectivity index (χ4v) is 8.50. The zero-order valence-electron chi connectivity index (χ0n) is 24.8. The van der Waals surface area contributed by atoms with Crippen LogP contribution in [0.15, 0.2) is 23.8 Å². The molecule has 0 unspecified atom stereocenters. The van der Waals surface area contributed by atoms with Crippen LogP contribution in [0.3, 0.4) is 0 Å². The second kappa shape index (κ2) is 11.5. The van der Waals surface area contributed by atoms with E-state index in [4.69, 9.17) is 14.2 Å². The summed E-state index contributed by atoms with van der Waals surface area (Å²) < 4.78 is 51.0. The summed E-state index contributed by atoms with van der Waals surface area (Å²) in [4.78, 5) is 25.9. The number of hydrogen-bond donors (Lipinski definition) is 3. The predicted octanol–water partition coefficient (Wildman–Crippen LogP) is 4.11. The van der Waals surface area contributed by atoms with Crippen molar-refractivity contribution in [3.05, 3.63) is 23.8 Å². The van der Waals surface area contributed by atoms with E-state index in [9.17, 15) is 24.9 Å². The van der Waals surface area contributed by atoms with Gasteiger partial charge < -0.3 is 24.8 Å². The van der Waals surface area contributed by atoms with E-state index in [1.807, 2.05) is 13.8 Å². The van der Waals surface area contributed by atoms with Crippen LogP contribution in [0, 0.1) is 28.6 Å². The average Bonchev–Trinajstić information content (AvgIpc) is 3.13. The van der Waals surface area contributed by atoms with Crippen LogP contribution in [-0.2, 0) is 23.8 Å². The average molecular weight is 585 g/mol. The fraction of sp³-hybridized carbons (Fsp3) is 0.806. The quantitative estimate of drug-likeness (QED) is 0.232. The maximum atomic E-state index is 17.6. The zero-order chi connectivity index (χ0) is 30.4. The molecule has 3 N–H and O–H groups in total. The van der Waals surface area contributed by atoms with Crippen LogP contribution in [-0.4, -0.2) is 76.4 Å². The van der Waals surface area contributed by atoms with Gasteiger partial charge in [-0.25, -0.2) is 8.78 Å². The third-order valence-corrected chi connectivity index (χ3v) is 10.6. The number of aliphatic hydroxyl groups excluding tert-OH is 2. The molecule has 0 aliphatic heterocycles. The maximum absolute atomic E-state index is 17.6. The monoisotopic (exact) mass is 584 g/mol. The number of rotatable bonds is 12. The number of fused-ring (bicyclic) bond motifs is 5. The second-order valence-electron chi connectivity index (χ2n) is 12.8. The Hall–Kier alpha value is -1.56. The topological polar surface area (TPSA) is 123 Å². The van der Waals surface area contributed by atoms with Gasteiger partial charge in [0.25, 0.3) is 0 Å². The van der Waals surface area contributed by atoms with Crippen molar-refractivity contribution in [2.45, 2.75) is 109 Å². The number of allylic oxidation sites excluding steroid dienone is 4. The lowest BCUT2D eigenvalue weighted by Crippen LogP contribution is -2.71. The molecule has 41 heavy (non-hydrogen) atoms. The van der Waals surface area contributed by atoms with Crippen molar-refractivity contribution in [1.82, 2.24) is 0 Å². The fourth-order valence-electron chi connectivity index (χ4n) is 8.50. The molecule has 0 radical (unpaired) electrons. The number of ketones is 2. The molecule has 0 spiro atoms. The first-order valence-corrected chi connectivity index (χ1v) is 15.0. The first kappa shape index (κ1) is 32.4. The Morgan fingerprint density at radius 2 is 1.73 bits per heavy atom. The molecular weight excluding hydrogens is 538 g/mol. The largest absolute Gasteiger partial charge is 0.411 e. The van der Waals surface area contributed by atoms with E-state index in [0.717, 1.165) is 18.9 Å². The minimum atomic E-state index is -2.64. The van der Waals surface area contributed by atoms with Crippen LogP contribution in [0.25, 0.3) is 0 Å². The Morgan fingerprint density at radius 1 is 1.12 bits per heavy atom. The Kier molecular flexibility index (Phi) is 9.08. The van der Waals surface area contributed by atoms with E-state index in [-0.39, 0.29) is 38.0 Å². The minimum Gasteiger partial charge on any atom is -0.390 e. The van der Waals surface area contributed by atoms with E-state index in [1.165, 1.54) is 19.1 Å². The summed E-state index contributed by atoms with van der Waals surface area (Å²) in [6.07, 6.45) is 0.0479. The highest BCUT2D eigenvalue weighted by Crippen LogP contribution is 2.72. The summed E-state index contributed by atoms with van der Waals surface area (Å²) in [6.45, 7) is 7.98. The Morgan fingerprint density at radius 3 is 2.29 bits per heavy atom. The van der Waals surface area contributed by atoms with Crippen molar-refractivity contribution in [3.63, 3.8) is 0 Å². The van der Waals surface area contributed by atoms with Gasteiger partial charge in [0, 0.05) is 16.7 Å². The third kappa shape index (κ3) is 4.77. The molecule has 9 atom stereocenters. The van der Waals surface area contributed by atoms with Crippen molar-refractivity contribution in [2.75, 3.05) is 19.8 Å². The minimum absolute atomic E-state index is 0.00872. The molecule has 3 saturated carbocycles. The van der Waals surface area contributed by atoms with Crippen LogP contribution in [0.5, 0.6) is 0 Å². The number of Topliss-reactive ketones (excluding diaryl/α,β-unsaturated/α-hetero) is 1. The molecule has 10 heteroatoms. The van der Waals surface area contributed by atoms with Crippen LogP contribution >= 0.6 is 0 Å². The molecule has 0 heterocycles. The van der Waals surface area contributed by atoms with Gasteiger partial charge in [-0.1, -0.05) is 46.6 Å². The smallest absolute Gasteiger partial charge is 0.390 e. The van der Waals surface area contributed by atoms with Crippen LogP contribution in [0.2, 0.25) is 0 Å². The van der Waals surface area contributed by atoms with Gasteiger partial charge in [0.15, 0.2) is 17.2 Å². The molecule has 0 aromatic heterocycles. The molecule has 232 valence electrons. The maximum Gasteiger partial charge on any atom is 0.411 e. The Labute approximate surface area is 241 Å². The molecule has 4 rings (SSSR count). The molecule has 0 aromatic rings. The number of halogens is 2. The molecule has 0 amide bonds. The first-order chi connectivity index (χ1) is 19.2. The predicted molar refractivity (Wildman–Crippen MR) is 146 cm³/mol. The summed E-state index contributed by atoms with van der Waals surface area (Å²) >= 11 is 0. The van der Waals surface area contributed by atoms with E-state index in [0.29, 0.717) is 12.8 Å². The number of carbonyl (C=O) groups excluding carboxylic acids is 2. The van der Waals surface area contributed by atoms with E-state index < -0.39 is 76.5 Å². The molecule has 0 aromatic carbocycles. The Bertz CT molecular complexity index is 1070. The number of unbranched alkanes of at least 4 members (excludes halogenated alkanes) is 2. The van der Waals surface area contributed by atoms with Gasteiger partial charge in [-0.05, 0) is 68.6 Å². The van der Waals surface area contributed by atoms with Crippen molar-refractivity contribution >= 4 is 11.6 Å². The summed E-state index contributed by atoms with van der Waals surface area (Å²) in [5, 5.41) is 33.4. The lowest BCUT2D eigenvalue weighted by Gasteiger charge is -2.63. The summed E-state index contributed by atoms with van der Waals surface area (Å²) in [5.74, 6) is -3.61. The van der Waals surface area contributed by atoms with Crippen molar-refractivity contribution in [1.29, 1.82) is 0 Å². The van der Waals surface area contributed by atoms with Gasteiger partial charge >= 0.3 is 6.16 Å². The van der Waals surface area contributed by atoms with Crippen LogP contribution in [0.1, 0.15) is 79.6 Å². The highest BCUT2D eigenvalue weighted by Gasteiger charge is 2.78. The van der Waals surface area contributed by atoms with Crippen molar-refractivity contribution in [2.24, 2.45) is 28.6 Å². The van der Waals surface area contributed by atoms with Crippen molar-refractivity contribution in [3.8, 4) is 0 Å². The lowest BCUT2D eigenvalue weighted by atomic mass is 9.44. The molecule has 4 aliphatic carbocycles. The number of ether oxygens (including phenoxy) is 3. The van der Waals surface area contributed by atoms with Gasteiger partial charge in [-0.2, -0.15) is 0 Å². The van der Waals surface area contributed by atoms with Gasteiger partial charge in [-0.15, -0.1) is 0 Å². The van der Waals surface area contributed by atoms with Gasteiger partial charge in [-0.3, -0.25) is 14.3 Å². The summed E-state index contributed by atoms with van der Waals surface area (Å²) in [5.41, 5.74) is -7.19. The number of hydrogen-bond acceptors (Lipinski definition) is 8. The third-order valence-electron chi connectivity index (χ3n) is 10.6. The molecular formula is C31H46F2O8. The SMILES string of the molecule is CCCCOC(O)(OCCCC)O[C@]1(C(=O)CO)[C@H](C)C[C@H]2[C@@H]3C[C@H](F)C4=CC(=O)C=C[C@]4(C)[C@@]3(F)[C@@H](O)C[C@@]21C. The highest BCUT2D eigenvalue weighted by atomic mass is 19.1. The zero-order valence-corrected chi connectivity index (χ0v) is 24.8. The van der Waals surface area contributed by atoms with E-state index in [2.05, 4.69) is 0 Å². The highest BCUT2D eigenvalue weighted by molar-refractivity contribution is 6.01. The number of aliphatic hydroxyl groups is 3. The van der Waals surface area contributed by atoms with Crippen LogP contribution < -0.4 is 0 Å². The lowest BCUT2D eigenvalue weighted by molar-refractivity contribution is -0.512. The Balaban J connectivity index is 1.81. The first-order valence-electron chi connectivity index (χ1n) is 15.0. The van der Waals surface area contributed by atoms with E-state index >= 15 is 8.78 Å². The number of carbonyl (C=O) groups is 2. The van der Waals surface area contributed by atoms with Crippen LogP contribution in [0.4, 0.5) is 8.78 Å². The van der Waals surface area contributed by atoms with E-state index in [1.54, 1.807) is 13.8 Å². The summed E-state index contributed by atoms with van der Waals surface area (Å²) in [6, 6.07) is 0. The molecule has 8 nitrogen and oxygen atoms in total. The van der Waals surface area contributed by atoms with Gasteiger partial charge in [0.1, 0.15) is 18.4 Å². The van der Waals surface area contributed by atoms with Crippen molar-refractivity contribution < 1.29 is 47.9 Å². The van der Waals surface area contributed by atoms with Gasteiger partial charge in [0.2, 0.25) is 0 Å². The molecule has 0 saturated heterocycles.